The minimum atomic E-state index is -0.263. The Kier molecular flexibility index (Phi) is 7.54. The lowest BCUT2D eigenvalue weighted by molar-refractivity contribution is -0.132. The van der Waals surface area contributed by atoms with E-state index in [9.17, 15) is 9.18 Å². The summed E-state index contributed by atoms with van der Waals surface area (Å²) in [5, 5.41) is 7.58. The van der Waals surface area contributed by atoms with E-state index < -0.39 is 0 Å². The molecule has 0 spiro atoms. The number of rotatable bonds is 8. The smallest absolute Gasteiger partial charge is 0.260 e. The van der Waals surface area contributed by atoms with E-state index in [2.05, 4.69) is 33.2 Å². The standard InChI is InChI=1S/C25H30FN5O3/c1-18-23(28-34-27-18)16-30(3)25(32)17-33-24-9-6-20(19-4-7-22(26)8-5-19)14-21(24)15-31-12-10-29(2)11-13-31/h4-9,14H,10-13,15-17H2,1-3H3. The predicted octanol–water partition coefficient (Wildman–Crippen LogP) is 2.97. The SMILES string of the molecule is Cc1nonc1CN(C)C(=O)COc1ccc(-c2ccc(F)cc2)cc1CN1CCN(C)CC1. The van der Waals surface area contributed by atoms with E-state index in [-0.39, 0.29) is 18.3 Å². The second kappa shape index (κ2) is 10.8. The van der Waals surface area contributed by atoms with E-state index in [4.69, 9.17) is 9.37 Å². The highest BCUT2D eigenvalue weighted by Crippen LogP contribution is 2.28. The average Bonchev–Trinajstić information content (AvgIpc) is 3.24. The van der Waals surface area contributed by atoms with Crippen LogP contribution in [-0.4, -0.2) is 77.8 Å². The van der Waals surface area contributed by atoms with Crippen LogP contribution in [0.5, 0.6) is 5.75 Å². The molecule has 0 unspecified atom stereocenters. The number of likely N-dealkylation sites (N-methyl/N-ethyl adjacent to an activating group) is 2. The van der Waals surface area contributed by atoms with Crippen molar-refractivity contribution in [1.82, 2.24) is 25.0 Å². The molecule has 9 heteroatoms. The van der Waals surface area contributed by atoms with E-state index in [1.807, 2.05) is 12.1 Å². The monoisotopic (exact) mass is 467 g/mol. The molecule has 0 N–H and O–H groups in total. The van der Waals surface area contributed by atoms with Crippen LogP contribution in [0.2, 0.25) is 0 Å². The van der Waals surface area contributed by atoms with Crippen LogP contribution in [0.4, 0.5) is 4.39 Å². The summed E-state index contributed by atoms with van der Waals surface area (Å²) in [6.07, 6.45) is 0. The Morgan fingerprint density at radius 3 is 2.47 bits per heavy atom. The summed E-state index contributed by atoms with van der Waals surface area (Å²) in [5.41, 5.74) is 4.19. The molecular formula is C25H30FN5O3. The van der Waals surface area contributed by atoms with Crippen LogP contribution in [0.15, 0.2) is 47.1 Å². The van der Waals surface area contributed by atoms with Crippen LogP contribution >= 0.6 is 0 Å². The second-order valence-corrected chi connectivity index (χ2v) is 8.74. The van der Waals surface area contributed by atoms with Gasteiger partial charge in [0.1, 0.15) is 23.0 Å². The molecule has 0 radical (unpaired) electrons. The Morgan fingerprint density at radius 2 is 1.79 bits per heavy atom. The molecule has 3 aromatic rings. The van der Waals surface area contributed by atoms with E-state index >= 15 is 0 Å². The molecule has 1 saturated heterocycles. The molecule has 0 atom stereocenters. The van der Waals surface area contributed by atoms with Crippen LogP contribution < -0.4 is 4.74 Å². The third-order valence-corrected chi connectivity index (χ3v) is 6.14. The Hall–Kier alpha value is -3.30. The van der Waals surface area contributed by atoms with Gasteiger partial charge in [-0.2, -0.15) is 0 Å². The molecule has 180 valence electrons. The number of piperazine rings is 1. The lowest BCUT2D eigenvalue weighted by Gasteiger charge is -2.32. The number of benzene rings is 2. The minimum absolute atomic E-state index is 0.0908. The van der Waals surface area contributed by atoms with Gasteiger partial charge in [0.2, 0.25) is 0 Å². The number of nitrogens with zero attached hydrogens (tertiary/aromatic N) is 5. The van der Waals surface area contributed by atoms with Crippen molar-refractivity contribution in [2.75, 3.05) is 46.9 Å². The fourth-order valence-corrected chi connectivity index (χ4v) is 3.87. The molecule has 2 aromatic carbocycles. The zero-order chi connectivity index (χ0) is 24.1. The van der Waals surface area contributed by atoms with Crippen LogP contribution in [0.3, 0.4) is 0 Å². The lowest BCUT2D eigenvalue weighted by atomic mass is 10.0. The van der Waals surface area contributed by atoms with Gasteiger partial charge in [-0.1, -0.05) is 28.5 Å². The van der Waals surface area contributed by atoms with Crippen LogP contribution in [0.1, 0.15) is 17.0 Å². The maximum Gasteiger partial charge on any atom is 0.260 e. The number of carbonyl (C=O) groups is 1. The first-order valence-corrected chi connectivity index (χ1v) is 11.3. The fraction of sp³-hybridized carbons (Fsp3) is 0.400. The summed E-state index contributed by atoms with van der Waals surface area (Å²) in [6.45, 7) is 6.65. The third kappa shape index (κ3) is 5.98. The molecule has 0 saturated carbocycles. The van der Waals surface area contributed by atoms with Gasteiger partial charge in [-0.3, -0.25) is 9.69 Å². The van der Waals surface area contributed by atoms with Crippen molar-refractivity contribution in [2.45, 2.75) is 20.0 Å². The number of halogens is 1. The summed E-state index contributed by atoms with van der Waals surface area (Å²) in [4.78, 5) is 18.9. The summed E-state index contributed by atoms with van der Waals surface area (Å²) in [7, 11) is 3.82. The number of ether oxygens (including phenoxy) is 1. The van der Waals surface area contributed by atoms with Crippen molar-refractivity contribution >= 4 is 5.91 Å². The topological polar surface area (TPSA) is 74.9 Å². The quantitative estimate of drug-likeness (QED) is 0.504. The number of hydrogen-bond acceptors (Lipinski definition) is 7. The highest BCUT2D eigenvalue weighted by Gasteiger charge is 2.19. The summed E-state index contributed by atoms with van der Waals surface area (Å²) in [5.74, 6) is 0.238. The lowest BCUT2D eigenvalue weighted by Crippen LogP contribution is -2.43. The third-order valence-electron chi connectivity index (χ3n) is 6.14. The van der Waals surface area contributed by atoms with Gasteiger partial charge in [0.25, 0.3) is 5.91 Å². The number of aryl methyl sites for hydroxylation is 1. The molecule has 2 heterocycles. The van der Waals surface area contributed by atoms with Crippen molar-refractivity contribution < 1.29 is 18.6 Å². The van der Waals surface area contributed by atoms with Gasteiger partial charge in [-0.15, -0.1) is 0 Å². The van der Waals surface area contributed by atoms with Gasteiger partial charge in [-0.25, -0.2) is 9.02 Å². The van der Waals surface area contributed by atoms with Gasteiger partial charge >= 0.3 is 0 Å². The maximum absolute atomic E-state index is 13.4. The van der Waals surface area contributed by atoms with Crippen molar-refractivity contribution in [3.63, 3.8) is 0 Å². The number of amides is 1. The van der Waals surface area contributed by atoms with Crippen LogP contribution in [0.25, 0.3) is 11.1 Å². The van der Waals surface area contributed by atoms with Gasteiger partial charge in [0.15, 0.2) is 6.61 Å². The van der Waals surface area contributed by atoms with E-state index in [1.165, 1.54) is 12.1 Å². The number of aromatic nitrogens is 2. The molecule has 1 aliphatic rings. The van der Waals surface area contributed by atoms with Crippen molar-refractivity contribution in [1.29, 1.82) is 0 Å². The largest absolute Gasteiger partial charge is 0.483 e. The minimum Gasteiger partial charge on any atom is -0.483 e. The molecule has 8 nitrogen and oxygen atoms in total. The van der Waals surface area contributed by atoms with E-state index in [1.54, 1.807) is 31.0 Å². The first-order chi connectivity index (χ1) is 16.4. The van der Waals surface area contributed by atoms with Gasteiger partial charge < -0.3 is 14.5 Å². The average molecular weight is 468 g/mol. The van der Waals surface area contributed by atoms with Crippen molar-refractivity contribution in [3.05, 3.63) is 65.2 Å². The van der Waals surface area contributed by atoms with Crippen molar-refractivity contribution in [3.8, 4) is 16.9 Å². The first-order valence-electron chi connectivity index (χ1n) is 11.3. The number of carbonyl (C=O) groups excluding carboxylic acids is 1. The Labute approximate surface area is 198 Å². The Balaban J connectivity index is 1.48. The number of hydrogen-bond donors (Lipinski definition) is 0. The summed E-state index contributed by atoms with van der Waals surface area (Å²) in [6, 6.07) is 12.4. The molecule has 1 aromatic heterocycles. The van der Waals surface area contributed by atoms with Gasteiger partial charge in [-0.05, 0) is 49.4 Å². The highest BCUT2D eigenvalue weighted by molar-refractivity contribution is 5.77. The second-order valence-electron chi connectivity index (χ2n) is 8.74. The fourth-order valence-electron chi connectivity index (χ4n) is 3.87. The molecule has 1 fully saturated rings. The van der Waals surface area contributed by atoms with Crippen LogP contribution in [0, 0.1) is 12.7 Å². The van der Waals surface area contributed by atoms with Gasteiger partial charge in [0, 0.05) is 45.3 Å². The molecule has 1 aliphatic heterocycles. The summed E-state index contributed by atoms with van der Waals surface area (Å²) < 4.78 is 24.1. The Bertz CT molecular complexity index is 1110. The van der Waals surface area contributed by atoms with E-state index in [0.717, 1.165) is 42.9 Å². The molecule has 1 amide bonds. The zero-order valence-electron chi connectivity index (χ0n) is 19.8. The molecule has 34 heavy (non-hydrogen) atoms. The normalized spacial score (nSPS) is 14.8. The van der Waals surface area contributed by atoms with Crippen LogP contribution in [-0.2, 0) is 17.9 Å². The molecule has 0 bridgehead atoms. The predicted molar refractivity (Wildman–Crippen MR) is 126 cm³/mol. The Morgan fingerprint density at radius 1 is 1.09 bits per heavy atom. The van der Waals surface area contributed by atoms with Crippen molar-refractivity contribution in [2.24, 2.45) is 0 Å². The molecule has 0 aliphatic carbocycles. The first kappa shape index (κ1) is 23.8. The maximum atomic E-state index is 13.4. The molecular weight excluding hydrogens is 437 g/mol. The molecule has 4 rings (SSSR count). The van der Waals surface area contributed by atoms with E-state index in [0.29, 0.717) is 30.2 Å². The zero-order valence-corrected chi connectivity index (χ0v) is 19.8. The summed E-state index contributed by atoms with van der Waals surface area (Å²) >= 11 is 0. The highest BCUT2D eigenvalue weighted by atomic mass is 19.1. The van der Waals surface area contributed by atoms with Gasteiger partial charge in [0.05, 0.1) is 6.54 Å².